The molecule has 0 radical (unpaired) electrons. The molecule has 3 aromatic rings. The van der Waals surface area contributed by atoms with Gasteiger partial charge in [0.05, 0.1) is 12.1 Å². The number of β-amino-alcohol motifs (C(OH)–C–C–N with tert-alkyl or cyclic N) is 1. The number of hydrogen-bond donors (Lipinski definition) is 4. The van der Waals surface area contributed by atoms with Crippen molar-refractivity contribution in [2.24, 2.45) is 5.92 Å². The number of aliphatic hydroxyl groups is 1. The lowest BCUT2D eigenvalue weighted by Crippen LogP contribution is -2.51. The van der Waals surface area contributed by atoms with E-state index < -0.39 is 12.1 Å². The number of carbonyl (C=O) groups excluding carboxylic acids is 1. The van der Waals surface area contributed by atoms with E-state index in [9.17, 15) is 14.3 Å². The van der Waals surface area contributed by atoms with Crippen molar-refractivity contribution in [3.05, 3.63) is 95.8 Å². The summed E-state index contributed by atoms with van der Waals surface area (Å²) in [5.41, 5.74) is 9.19. The van der Waals surface area contributed by atoms with E-state index in [2.05, 4.69) is 15.5 Å². The molecule has 1 aliphatic heterocycles. The number of amides is 2. The molecule has 1 aliphatic rings. The van der Waals surface area contributed by atoms with Crippen LogP contribution in [0.3, 0.4) is 0 Å². The maximum absolute atomic E-state index is 13.2. The topological polar surface area (TPSA) is 90.6 Å². The summed E-state index contributed by atoms with van der Waals surface area (Å²) in [6, 6.07) is 22.8. The summed E-state index contributed by atoms with van der Waals surface area (Å²) in [5, 5.41) is 17.0. The largest absolute Gasteiger partial charge is 0.399 e. The predicted octanol–water partition coefficient (Wildman–Crippen LogP) is 4.46. The van der Waals surface area contributed by atoms with Gasteiger partial charge in [0.1, 0.15) is 5.82 Å². The van der Waals surface area contributed by atoms with Gasteiger partial charge in [-0.15, -0.1) is 0 Å². The zero-order chi connectivity index (χ0) is 25.3. The monoisotopic (exact) mass is 490 g/mol. The summed E-state index contributed by atoms with van der Waals surface area (Å²) in [6.45, 7) is 2.26. The van der Waals surface area contributed by atoms with Crippen LogP contribution in [-0.2, 0) is 12.8 Å². The van der Waals surface area contributed by atoms with Gasteiger partial charge in [-0.1, -0.05) is 48.5 Å². The third-order valence-electron chi connectivity index (χ3n) is 6.81. The molecule has 0 bridgehead atoms. The average Bonchev–Trinajstić information content (AvgIpc) is 2.87. The fraction of sp³-hybridized carbons (Fsp3) is 0.345. The molecule has 1 fully saturated rings. The normalized spacial score (nSPS) is 16.3. The Morgan fingerprint density at radius 2 is 1.72 bits per heavy atom. The lowest BCUT2D eigenvalue weighted by Gasteiger charge is -2.35. The molecule has 0 aromatic heterocycles. The maximum Gasteiger partial charge on any atom is 0.319 e. The molecule has 4 rings (SSSR count). The molecule has 0 spiro atoms. The molecular weight excluding hydrogens is 455 g/mol. The van der Waals surface area contributed by atoms with Crippen LogP contribution in [0.15, 0.2) is 78.9 Å². The first-order chi connectivity index (χ1) is 17.4. The second-order valence-corrected chi connectivity index (χ2v) is 9.66. The van der Waals surface area contributed by atoms with Crippen LogP contribution in [0, 0.1) is 11.7 Å². The number of piperidine rings is 1. The van der Waals surface area contributed by atoms with Crippen LogP contribution in [-0.4, -0.2) is 47.8 Å². The summed E-state index contributed by atoms with van der Waals surface area (Å²) in [4.78, 5) is 15.0. The highest BCUT2D eigenvalue weighted by Gasteiger charge is 2.27. The molecular formula is C29H35FN4O2. The van der Waals surface area contributed by atoms with Gasteiger partial charge in [0.25, 0.3) is 0 Å². The predicted molar refractivity (Wildman–Crippen MR) is 142 cm³/mol. The molecule has 3 aromatic carbocycles. The van der Waals surface area contributed by atoms with E-state index in [0.717, 1.165) is 43.5 Å². The molecule has 5 N–H and O–H groups in total. The minimum absolute atomic E-state index is 0.206. The van der Waals surface area contributed by atoms with Gasteiger partial charge in [-0.05, 0) is 86.1 Å². The minimum Gasteiger partial charge on any atom is -0.399 e. The molecule has 2 amide bonds. The molecule has 2 atom stereocenters. The SMILES string of the molecule is Nc1cccc(NC(=O)NC(Cc2ccccc2)C(O)CN2CCC(Cc3ccc(F)cc3)CC2)c1. The van der Waals surface area contributed by atoms with Gasteiger partial charge >= 0.3 is 6.03 Å². The van der Waals surface area contributed by atoms with Crippen LogP contribution < -0.4 is 16.4 Å². The standard InChI is InChI=1S/C29H35FN4O2/c30-24-11-9-22(10-12-24)17-23-13-15-34(16-14-23)20-28(35)27(18-21-5-2-1-3-6-21)33-29(36)32-26-8-4-7-25(31)19-26/h1-12,19,23,27-28,35H,13-18,20,31H2,(H2,32,33,36). The van der Waals surface area contributed by atoms with E-state index >= 15 is 0 Å². The van der Waals surface area contributed by atoms with Crippen LogP contribution >= 0.6 is 0 Å². The van der Waals surface area contributed by atoms with Crippen molar-refractivity contribution in [1.82, 2.24) is 10.2 Å². The molecule has 2 unspecified atom stereocenters. The number of carbonyl (C=O) groups is 1. The first-order valence-electron chi connectivity index (χ1n) is 12.6. The molecule has 36 heavy (non-hydrogen) atoms. The summed E-state index contributed by atoms with van der Waals surface area (Å²) in [6.07, 6.45) is 2.78. The van der Waals surface area contributed by atoms with E-state index in [4.69, 9.17) is 5.73 Å². The second kappa shape index (κ2) is 12.5. The van der Waals surface area contributed by atoms with Crippen molar-refractivity contribution in [2.45, 2.75) is 37.8 Å². The Kier molecular flexibility index (Phi) is 8.92. The number of nitrogens with zero attached hydrogens (tertiary/aromatic N) is 1. The molecule has 1 saturated heterocycles. The number of benzene rings is 3. The number of halogens is 1. The van der Waals surface area contributed by atoms with Crippen LogP contribution in [0.1, 0.15) is 24.0 Å². The van der Waals surface area contributed by atoms with Crippen molar-refractivity contribution >= 4 is 17.4 Å². The zero-order valence-corrected chi connectivity index (χ0v) is 20.4. The molecule has 0 aliphatic carbocycles. The molecule has 6 nitrogen and oxygen atoms in total. The third-order valence-corrected chi connectivity index (χ3v) is 6.81. The minimum atomic E-state index is -0.731. The number of aliphatic hydroxyl groups excluding tert-OH is 1. The number of rotatable bonds is 9. The number of nitrogen functional groups attached to an aromatic ring is 1. The molecule has 7 heteroatoms. The Bertz CT molecular complexity index is 1100. The fourth-order valence-electron chi connectivity index (χ4n) is 4.82. The molecule has 190 valence electrons. The van der Waals surface area contributed by atoms with E-state index in [1.54, 1.807) is 24.3 Å². The summed E-state index contributed by atoms with van der Waals surface area (Å²) < 4.78 is 13.2. The van der Waals surface area contributed by atoms with E-state index in [1.165, 1.54) is 12.1 Å². The van der Waals surface area contributed by atoms with Crippen LogP contribution in [0.4, 0.5) is 20.6 Å². The number of nitrogens with two attached hydrogens (primary N) is 1. The van der Waals surface area contributed by atoms with Gasteiger partial charge in [-0.25, -0.2) is 9.18 Å². The van der Waals surface area contributed by atoms with Gasteiger partial charge in [0.2, 0.25) is 0 Å². The smallest absolute Gasteiger partial charge is 0.319 e. The Morgan fingerprint density at radius 1 is 1.00 bits per heavy atom. The quantitative estimate of drug-likeness (QED) is 0.334. The number of hydrogen-bond acceptors (Lipinski definition) is 4. The highest BCUT2D eigenvalue weighted by atomic mass is 19.1. The van der Waals surface area contributed by atoms with Crippen molar-refractivity contribution in [3.8, 4) is 0 Å². The number of nitrogens with one attached hydrogen (secondary N) is 2. The second-order valence-electron chi connectivity index (χ2n) is 9.66. The summed E-state index contributed by atoms with van der Waals surface area (Å²) >= 11 is 0. The Hall–Kier alpha value is -3.42. The lowest BCUT2D eigenvalue weighted by atomic mass is 9.90. The highest BCUT2D eigenvalue weighted by Crippen LogP contribution is 2.22. The average molecular weight is 491 g/mol. The number of urea groups is 1. The number of likely N-dealkylation sites (tertiary alicyclic amines) is 1. The maximum atomic E-state index is 13.2. The van der Waals surface area contributed by atoms with Gasteiger partial charge in [0.15, 0.2) is 0 Å². The van der Waals surface area contributed by atoms with E-state index in [1.807, 2.05) is 42.5 Å². The lowest BCUT2D eigenvalue weighted by molar-refractivity contribution is 0.0659. The van der Waals surface area contributed by atoms with E-state index in [0.29, 0.717) is 30.3 Å². The van der Waals surface area contributed by atoms with Gasteiger partial charge in [-0.3, -0.25) is 0 Å². The number of anilines is 2. The zero-order valence-electron chi connectivity index (χ0n) is 20.4. The van der Waals surface area contributed by atoms with Crippen molar-refractivity contribution in [3.63, 3.8) is 0 Å². The highest BCUT2D eigenvalue weighted by molar-refractivity contribution is 5.90. The van der Waals surface area contributed by atoms with Gasteiger partial charge in [-0.2, -0.15) is 0 Å². The van der Waals surface area contributed by atoms with Crippen molar-refractivity contribution in [2.75, 3.05) is 30.7 Å². The van der Waals surface area contributed by atoms with Crippen LogP contribution in [0.2, 0.25) is 0 Å². The molecule has 1 heterocycles. The Balaban J connectivity index is 1.32. The van der Waals surface area contributed by atoms with Gasteiger partial charge in [0, 0.05) is 17.9 Å². The van der Waals surface area contributed by atoms with Crippen LogP contribution in [0.5, 0.6) is 0 Å². The fourth-order valence-corrected chi connectivity index (χ4v) is 4.82. The molecule has 0 saturated carbocycles. The summed E-state index contributed by atoms with van der Waals surface area (Å²) in [5.74, 6) is 0.342. The van der Waals surface area contributed by atoms with Gasteiger partial charge < -0.3 is 26.4 Å². The first kappa shape index (κ1) is 25.7. The first-order valence-corrected chi connectivity index (χ1v) is 12.6. The van der Waals surface area contributed by atoms with Crippen molar-refractivity contribution < 1.29 is 14.3 Å². The third kappa shape index (κ3) is 7.80. The Morgan fingerprint density at radius 3 is 2.42 bits per heavy atom. The van der Waals surface area contributed by atoms with E-state index in [-0.39, 0.29) is 11.8 Å². The van der Waals surface area contributed by atoms with Crippen molar-refractivity contribution in [1.29, 1.82) is 0 Å². The van der Waals surface area contributed by atoms with Crippen LogP contribution in [0.25, 0.3) is 0 Å². The summed E-state index contributed by atoms with van der Waals surface area (Å²) in [7, 11) is 0. The Labute approximate surface area is 212 Å².